The number of rotatable bonds is 3. The molecule has 0 saturated heterocycles. The highest BCUT2D eigenvalue weighted by Gasteiger charge is 2.65. The van der Waals surface area contributed by atoms with E-state index in [0.29, 0.717) is 0 Å². The Morgan fingerprint density at radius 2 is 1.67 bits per heavy atom. The number of nitrogens with one attached hydrogen (secondary N) is 1. The Morgan fingerprint density at radius 1 is 1.11 bits per heavy atom. The first-order valence-corrected chi connectivity index (χ1v) is 6.87. The predicted octanol–water partition coefficient (Wildman–Crippen LogP) is 2.04. The van der Waals surface area contributed by atoms with E-state index in [1.165, 1.54) is 0 Å². The van der Waals surface area contributed by atoms with Gasteiger partial charge in [-0.1, -0.05) is 20.8 Å². The lowest BCUT2D eigenvalue weighted by Gasteiger charge is -2.27. The van der Waals surface area contributed by atoms with Crippen LogP contribution in [0.2, 0.25) is 0 Å². The van der Waals surface area contributed by atoms with Gasteiger partial charge < -0.3 is 10.4 Å². The summed E-state index contributed by atoms with van der Waals surface area (Å²) in [6.07, 6.45) is 4.36. The lowest BCUT2D eigenvalue weighted by atomic mass is 9.87. The van der Waals surface area contributed by atoms with Crippen LogP contribution in [-0.4, -0.2) is 23.0 Å². The van der Waals surface area contributed by atoms with E-state index in [9.17, 15) is 9.59 Å². The van der Waals surface area contributed by atoms with Crippen molar-refractivity contribution < 1.29 is 14.7 Å². The maximum absolute atomic E-state index is 12.1. The number of hydrogen-bond donors (Lipinski definition) is 2. The van der Waals surface area contributed by atoms with E-state index in [4.69, 9.17) is 5.11 Å². The molecule has 2 rings (SSSR count). The van der Waals surface area contributed by atoms with Crippen molar-refractivity contribution in [1.29, 1.82) is 0 Å². The van der Waals surface area contributed by atoms with Gasteiger partial charge in [0.1, 0.15) is 0 Å². The minimum Gasteiger partial charge on any atom is -0.481 e. The number of carbonyl (C=O) groups excluding carboxylic acids is 1. The first-order valence-electron chi connectivity index (χ1n) is 6.87. The molecule has 0 aromatic carbocycles. The van der Waals surface area contributed by atoms with Crippen LogP contribution in [-0.2, 0) is 9.59 Å². The Kier molecular flexibility index (Phi) is 3.39. The largest absolute Gasteiger partial charge is 0.481 e. The molecule has 0 radical (unpaired) electrons. The van der Waals surface area contributed by atoms with Crippen LogP contribution in [0.1, 0.15) is 46.5 Å². The summed E-state index contributed by atoms with van der Waals surface area (Å²) in [6, 6.07) is 0.250. The molecule has 0 aromatic heterocycles. The van der Waals surface area contributed by atoms with Crippen LogP contribution in [0.5, 0.6) is 0 Å². The highest BCUT2D eigenvalue weighted by molar-refractivity contribution is 5.91. The van der Waals surface area contributed by atoms with Gasteiger partial charge in [-0.25, -0.2) is 0 Å². The van der Waals surface area contributed by atoms with Crippen molar-refractivity contribution in [3.63, 3.8) is 0 Å². The SMILES string of the molecule is CC1CCC(NC(=O)[C@H]2[C@@H](C(=O)O)C2(C)C)CC1. The van der Waals surface area contributed by atoms with Crippen LogP contribution in [0.4, 0.5) is 0 Å². The van der Waals surface area contributed by atoms with E-state index in [1.54, 1.807) is 0 Å². The van der Waals surface area contributed by atoms with Gasteiger partial charge in [0.25, 0.3) is 0 Å². The van der Waals surface area contributed by atoms with E-state index in [2.05, 4.69) is 12.2 Å². The van der Waals surface area contributed by atoms with Gasteiger partial charge in [0, 0.05) is 6.04 Å². The molecule has 2 atom stereocenters. The van der Waals surface area contributed by atoms with Gasteiger partial charge in [-0.3, -0.25) is 9.59 Å². The van der Waals surface area contributed by atoms with Crippen molar-refractivity contribution in [3.8, 4) is 0 Å². The van der Waals surface area contributed by atoms with Crippen LogP contribution in [0.25, 0.3) is 0 Å². The van der Waals surface area contributed by atoms with Crippen LogP contribution in [0.15, 0.2) is 0 Å². The summed E-state index contributed by atoms with van der Waals surface area (Å²) >= 11 is 0. The van der Waals surface area contributed by atoms with E-state index in [1.807, 2.05) is 13.8 Å². The van der Waals surface area contributed by atoms with Crippen molar-refractivity contribution >= 4 is 11.9 Å². The molecule has 2 aliphatic carbocycles. The summed E-state index contributed by atoms with van der Waals surface area (Å²) in [6.45, 7) is 5.96. The summed E-state index contributed by atoms with van der Waals surface area (Å²) in [5.74, 6) is -1.03. The molecule has 0 bridgehead atoms. The fourth-order valence-corrected chi connectivity index (χ4v) is 3.28. The second kappa shape index (κ2) is 4.56. The lowest BCUT2D eigenvalue weighted by Crippen LogP contribution is -2.39. The van der Waals surface area contributed by atoms with Crippen molar-refractivity contribution in [2.45, 2.75) is 52.5 Å². The maximum Gasteiger partial charge on any atom is 0.307 e. The highest BCUT2D eigenvalue weighted by atomic mass is 16.4. The Hall–Kier alpha value is -1.06. The van der Waals surface area contributed by atoms with Gasteiger partial charge in [-0.05, 0) is 37.0 Å². The molecular formula is C14H23NO3. The standard InChI is InChI=1S/C14H23NO3/c1-8-4-6-9(7-5-8)15-12(16)10-11(13(17)18)14(10,2)3/h8-11H,4-7H2,1-3H3,(H,15,16)(H,17,18)/t8?,9?,10-,11+/m1/s1. The van der Waals surface area contributed by atoms with Crippen molar-refractivity contribution in [1.82, 2.24) is 5.32 Å². The van der Waals surface area contributed by atoms with Gasteiger partial charge in [-0.15, -0.1) is 0 Å². The lowest BCUT2D eigenvalue weighted by molar-refractivity contribution is -0.140. The molecule has 1 amide bonds. The van der Waals surface area contributed by atoms with Crippen molar-refractivity contribution in [2.75, 3.05) is 0 Å². The average Bonchev–Trinajstić information content (AvgIpc) is 2.85. The fourth-order valence-electron chi connectivity index (χ4n) is 3.28. The van der Waals surface area contributed by atoms with E-state index in [-0.39, 0.29) is 17.9 Å². The minimum atomic E-state index is -0.850. The van der Waals surface area contributed by atoms with Crippen LogP contribution in [0.3, 0.4) is 0 Å². The molecule has 4 heteroatoms. The molecule has 0 aliphatic heterocycles. The summed E-state index contributed by atoms with van der Waals surface area (Å²) in [5.41, 5.74) is -0.391. The number of carboxylic acid groups (broad SMARTS) is 1. The Balaban J connectivity index is 1.88. The third-order valence-corrected chi connectivity index (χ3v) is 4.74. The first-order chi connectivity index (χ1) is 8.34. The molecule has 0 heterocycles. The van der Waals surface area contributed by atoms with Crippen LogP contribution < -0.4 is 5.32 Å². The summed E-state index contributed by atoms with van der Waals surface area (Å²) < 4.78 is 0. The zero-order valence-corrected chi connectivity index (χ0v) is 11.4. The smallest absolute Gasteiger partial charge is 0.307 e. The Labute approximate surface area is 108 Å². The molecule has 0 spiro atoms. The second-order valence-corrected chi connectivity index (χ2v) is 6.58. The minimum absolute atomic E-state index is 0.0630. The molecule has 2 N–H and O–H groups in total. The van der Waals surface area contributed by atoms with E-state index in [0.717, 1.165) is 31.6 Å². The molecule has 18 heavy (non-hydrogen) atoms. The van der Waals surface area contributed by atoms with Crippen molar-refractivity contribution in [2.24, 2.45) is 23.2 Å². The molecule has 4 nitrogen and oxygen atoms in total. The van der Waals surface area contributed by atoms with E-state index >= 15 is 0 Å². The zero-order valence-electron chi connectivity index (χ0n) is 11.4. The highest BCUT2D eigenvalue weighted by Crippen LogP contribution is 2.58. The number of carbonyl (C=O) groups is 2. The van der Waals surface area contributed by atoms with Gasteiger partial charge in [0.2, 0.25) is 5.91 Å². The topological polar surface area (TPSA) is 66.4 Å². The monoisotopic (exact) mass is 253 g/mol. The van der Waals surface area contributed by atoms with Gasteiger partial charge in [0.15, 0.2) is 0 Å². The average molecular weight is 253 g/mol. The van der Waals surface area contributed by atoms with Gasteiger partial charge >= 0.3 is 5.97 Å². The maximum atomic E-state index is 12.1. The van der Waals surface area contributed by atoms with E-state index < -0.39 is 17.3 Å². The van der Waals surface area contributed by atoms with Gasteiger partial charge in [-0.2, -0.15) is 0 Å². The molecule has 102 valence electrons. The number of amides is 1. The summed E-state index contributed by atoms with van der Waals surface area (Å²) in [7, 11) is 0. The number of hydrogen-bond acceptors (Lipinski definition) is 2. The zero-order chi connectivity index (χ0) is 13.5. The summed E-state index contributed by atoms with van der Waals surface area (Å²) in [4.78, 5) is 23.2. The quantitative estimate of drug-likeness (QED) is 0.809. The molecule has 0 unspecified atom stereocenters. The molecular weight excluding hydrogens is 230 g/mol. The predicted molar refractivity (Wildman–Crippen MR) is 68.0 cm³/mol. The number of aliphatic carboxylic acids is 1. The van der Waals surface area contributed by atoms with Crippen LogP contribution >= 0.6 is 0 Å². The third-order valence-electron chi connectivity index (χ3n) is 4.74. The molecule has 2 saturated carbocycles. The van der Waals surface area contributed by atoms with Crippen LogP contribution in [0, 0.1) is 23.2 Å². The van der Waals surface area contributed by atoms with Gasteiger partial charge in [0.05, 0.1) is 11.8 Å². The summed E-state index contributed by atoms with van der Waals surface area (Å²) in [5, 5.41) is 12.1. The fraction of sp³-hybridized carbons (Fsp3) is 0.857. The Bertz CT molecular complexity index is 356. The third kappa shape index (κ3) is 2.38. The Morgan fingerprint density at radius 3 is 2.11 bits per heavy atom. The molecule has 0 aromatic rings. The molecule has 2 fully saturated rings. The number of carboxylic acids is 1. The van der Waals surface area contributed by atoms with Crippen molar-refractivity contribution in [3.05, 3.63) is 0 Å². The molecule has 2 aliphatic rings. The second-order valence-electron chi connectivity index (χ2n) is 6.58. The first kappa shape index (κ1) is 13.4. The normalized spacial score (nSPS) is 37.9.